The quantitative estimate of drug-likeness (QED) is 0.369. The predicted octanol–water partition coefficient (Wildman–Crippen LogP) is 6.06. The minimum Gasteiger partial charge on any atom is -0.482 e. The number of benzene rings is 2. The molecule has 0 unspecified atom stereocenters. The van der Waals surface area contributed by atoms with Gasteiger partial charge in [0.1, 0.15) is 17.1 Å². The maximum absolute atomic E-state index is 12.6. The Hall–Kier alpha value is -3.02. The standard InChI is InChI=1S/C27H35NO5/c1-6-7-8-10-19-16-22(32-26(30)28-14-9-11-24(29)31-5)25-20-15-18(2)12-13-21(20)27(3,4)33-23(25)17-19/h12-13,15-17H,6-11,14H2,1-5H3,(H,28,30). The fraction of sp³-hybridized carbons (Fsp3) is 0.481. The molecule has 0 saturated heterocycles. The summed E-state index contributed by atoms with van der Waals surface area (Å²) in [5.41, 5.74) is 4.60. The molecule has 0 spiro atoms. The molecule has 1 heterocycles. The zero-order valence-electron chi connectivity index (χ0n) is 20.4. The second-order valence-electron chi connectivity index (χ2n) is 9.08. The first kappa shape index (κ1) is 24.6. The maximum Gasteiger partial charge on any atom is 0.412 e. The smallest absolute Gasteiger partial charge is 0.412 e. The lowest BCUT2D eigenvalue weighted by atomic mass is 9.84. The van der Waals surface area contributed by atoms with Crippen molar-refractivity contribution in [2.24, 2.45) is 0 Å². The average molecular weight is 454 g/mol. The van der Waals surface area contributed by atoms with Crippen molar-refractivity contribution < 1.29 is 23.8 Å². The molecule has 0 aliphatic carbocycles. The summed E-state index contributed by atoms with van der Waals surface area (Å²) in [6.07, 6.45) is 4.41. The summed E-state index contributed by atoms with van der Waals surface area (Å²) >= 11 is 0. The first-order valence-corrected chi connectivity index (χ1v) is 11.7. The molecule has 0 bridgehead atoms. The van der Waals surface area contributed by atoms with Crippen LogP contribution in [0.25, 0.3) is 11.1 Å². The van der Waals surface area contributed by atoms with Crippen LogP contribution in [0.4, 0.5) is 4.79 Å². The Balaban J connectivity index is 1.91. The van der Waals surface area contributed by atoms with E-state index in [1.807, 2.05) is 6.07 Å². The van der Waals surface area contributed by atoms with Gasteiger partial charge in [-0.05, 0) is 63.3 Å². The van der Waals surface area contributed by atoms with Crippen molar-refractivity contribution in [1.29, 1.82) is 0 Å². The van der Waals surface area contributed by atoms with E-state index in [1.54, 1.807) is 0 Å². The summed E-state index contributed by atoms with van der Waals surface area (Å²) < 4.78 is 16.9. The molecule has 1 aliphatic rings. The molecular weight excluding hydrogens is 418 g/mol. The molecule has 178 valence electrons. The Kier molecular flexibility index (Phi) is 8.01. The summed E-state index contributed by atoms with van der Waals surface area (Å²) in [6.45, 7) is 8.67. The van der Waals surface area contributed by atoms with Crippen molar-refractivity contribution in [3.05, 3.63) is 47.0 Å². The zero-order valence-corrected chi connectivity index (χ0v) is 20.4. The Labute approximate surface area is 196 Å². The molecule has 0 saturated carbocycles. The number of carbonyl (C=O) groups excluding carboxylic acids is 2. The number of methoxy groups -OCH3 is 1. The molecular formula is C27H35NO5. The second kappa shape index (κ2) is 10.7. The predicted molar refractivity (Wildman–Crippen MR) is 129 cm³/mol. The summed E-state index contributed by atoms with van der Waals surface area (Å²) in [5, 5.41) is 2.73. The highest BCUT2D eigenvalue weighted by Gasteiger charge is 2.35. The second-order valence-corrected chi connectivity index (χ2v) is 9.08. The van der Waals surface area contributed by atoms with Gasteiger partial charge in [0.25, 0.3) is 0 Å². The fourth-order valence-electron chi connectivity index (χ4n) is 4.18. The van der Waals surface area contributed by atoms with Crippen LogP contribution in [0.1, 0.15) is 69.6 Å². The molecule has 0 aromatic heterocycles. The van der Waals surface area contributed by atoms with E-state index in [0.29, 0.717) is 18.7 Å². The molecule has 6 heteroatoms. The number of nitrogens with one attached hydrogen (secondary N) is 1. The first-order chi connectivity index (χ1) is 15.7. The summed E-state index contributed by atoms with van der Waals surface area (Å²) in [4.78, 5) is 23.9. The fourth-order valence-corrected chi connectivity index (χ4v) is 4.18. The molecule has 33 heavy (non-hydrogen) atoms. The number of esters is 1. The number of hydrogen-bond acceptors (Lipinski definition) is 5. The summed E-state index contributed by atoms with van der Waals surface area (Å²) in [5.74, 6) is 0.929. The van der Waals surface area contributed by atoms with E-state index >= 15 is 0 Å². The maximum atomic E-state index is 12.6. The molecule has 0 radical (unpaired) electrons. The highest BCUT2D eigenvalue weighted by atomic mass is 16.6. The van der Waals surface area contributed by atoms with E-state index in [9.17, 15) is 9.59 Å². The van der Waals surface area contributed by atoms with Crippen LogP contribution in [0, 0.1) is 6.92 Å². The van der Waals surface area contributed by atoms with E-state index in [2.05, 4.69) is 62.0 Å². The Morgan fingerprint density at radius 3 is 2.61 bits per heavy atom. The Morgan fingerprint density at radius 1 is 1.09 bits per heavy atom. The SMILES string of the molecule is CCCCCc1cc(OC(=O)NCCCC(=O)OC)c2c(c1)OC(C)(C)c1ccc(C)cc1-2. The van der Waals surface area contributed by atoms with Gasteiger partial charge in [0.05, 0.1) is 12.7 Å². The van der Waals surface area contributed by atoms with E-state index in [0.717, 1.165) is 59.3 Å². The number of carbonyl (C=O) groups is 2. The summed E-state index contributed by atoms with van der Waals surface area (Å²) in [6, 6.07) is 10.3. The Bertz CT molecular complexity index is 1010. The first-order valence-electron chi connectivity index (χ1n) is 11.7. The molecule has 1 N–H and O–H groups in total. The molecule has 1 aliphatic heterocycles. The topological polar surface area (TPSA) is 73.9 Å². The van der Waals surface area contributed by atoms with Gasteiger partial charge in [0, 0.05) is 18.5 Å². The highest BCUT2D eigenvalue weighted by Crippen LogP contribution is 2.50. The van der Waals surface area contributed by atoms with Crippen molar-refractivity contribution in [3.63, 3.8) is 0 Å². The van der Waals surface area contributed by atoms with Gasteiger partial charge in [0.15, 0.2) is 0 Å². The minimum absolute atomic E-state index is 0.245. The van der Waals surface area contributed by atoms with Crippen molar-refractivity contribution in [3.8, 4) is 22.6 Å². The van der Waals surface area contributed by atoms with Crippen molar-refractivity contribution in [2.45, 2.75) is 71.8 Å². The normalized spacial score (nSPS) is 13.4. The van der Waals surface area contributed by atoms with Gasteiger partial charge >= 0.3 is 12.1 Å². The monoisotopic (exact) mass is 453 g/mol. The third-order valence-electron chi connectivity index (χ3n) is 5.91. The third kappa shape index (κ3) is 6.06. The van der Waals surface area contributed by atoms with Gasteiger partial charge in [-0.25, -0.2) is 4.79 Å². The van der Waals surface area contributed by atoms with Gasteiger partial charge in [-0.15, -0.1) is 0 Å². The number of hydrogen-bond donors (Lipinski definition) is 1. The third-order valence-corrected chi connectivity index (χ3v) is 5.91. The lowest BCUT2D eigenvalue weighted by Crippen LogP contribution is -2.31. The van der Waals surface area contributed by atoms with Crippen LogP contribution in [0.2, 0.25) is 0 Å². The van der Waals surface area contributed by atoms with Crippen molar-refractivity contribution in [1.82, 2.24) is 5.32 Å². The summed E-state index contributed by atoms with van der Waals surface area (Å²) in [7, 11) is 1.35. The van der Waals surface area contributed by atoms with Crippen molar-refractivity contribution in [2.75, 3.05) is 13.7 Å². The Morgan fingerprint density at radius 2 is 1.88 bits per heavy atom. The van der Waals surface area contributed by atoms with Crippen LogP contribution in [-0.2, 0) is 21.6 Å². The van der Waals surface area contributed by atoms with Crippen LogP contribution in [0.5, 0.6) is 11.5 Å². The molecule has 0 atom stereocenters. The molecule has 2 aromatic rings. The number of rotatable bonds is 9. The van der Waals surface area contributed by atoms with Crippen LogP contribution in [-0.4, -0.2) is 25.7 Å². The average Bonchev–Trinajstić information content (AvgIpc) is 2.75. The number of unbranched alkanes of at least 4 members (excludes halogenated alkanes) is 2. The molecule has 1 amide bonds. The van der Waals surface area contributed by atoms with Crippen LogP contribution >= 0.6 is 0 Å². The number of aryl methyl sites for hydroxylation is 2. The van der Waals surface area contributed by atoms with E-state index < -0.39 is 11.7 Å². The van der Waals surface area contributed by atoms with E-state index in [1.165, 1.54) is 7.11 Å². The number of ether oxygens (including phenoxy) is 3. The number of fused-ring (bicyclic) bond motifs is 3. The van der Waals surface area contributed by atoms with Gasteiger partial charge < -0.3 is 19.5 Å². The van der Waals surface area contributed by atoms with E-state index in [4.69, 9.17) is 9.47 Å². The lowest BCUT2D eigenvalue weighted by molar-refractivity contribution is -0.140. The van der Waals surface area contributed by atoms with Gasteiger partial charge in [0.2, 0.25) is 0 Å². The highest BCUT2D eigenvalue weighted by molar-refractivity contribution is 5.85. The van der Waals surface area contributed by atoms with E-state index in [-0.39, 0.29) is 12.4 Å². The van der Waals surface area contributed by atoms with Gasteiger partial charge in [-0.1, -0.05) is 43.5 Å². The molecule has 0 fully saturated rings. The molecule has 6 nitrogen and oxygen atoms in total. The minimum atomic E-state index is -0.549. The van der Waals surface area contributed by atoms with Crippen molar-refractivity contribution >= 4 is 12.1 Å². The van der Waals surface area contributed by atoms with Crippen LogP contribution in [0.3, 0.4) is 0 Å². The van der Waals surface area contributed by atoms with Crippen LogP contribution < -0.4 is 14.8 Å². The zero-order chi connectivity index (χ0) is 24.0. The largest absolute Gasteiger partial charge is 0.482 e. The van der Waals surface area contributed by atoms with Gasteiger partial charge in [-0.3, -0.25) is 4.79 Å². The van der Waals surface area contributed by atoms with Crippen LogP contribution in [0.15, 0.2) is 30.3 Å². The molecule has 3 rings (SSSR count). The lowest BCUT2D eigenvalue weighted by Gasteiger charge is -2.36. The number of amides is 1. The van der Waals surface area contributed by atoms with Gasteiger partial charge in [-0.2, -0.15) is 0 Å². The molecule has 2 aromatic carbocycles.